The molecular weight excluding hydrogens is 230 g/mol. The molecule has 0 radical (unpaired) electrons. The van der Waals surface area contributed by atoms with Crippen LogP contribution < -0.4 is 0 Å². The van der Waals surface area contributed by atoms with Crippen molar-refractivity contribution in [2.75, 3.05) is 0 Å². The van der Waals surface area contributed by atoms with Gasteiger partial charge in [0.1, 0.15) is 16.7 Å². The summed E-state index contributed by atoms with van der Waals surface area (Å²) < 4.78 is 1.78. The summed E-state index contributed by atoms with van der Waals surface area (Å²) in [5.41, 5.74) is 2.74. The highest BCUT2D eigenvalue weighted by atomic mass is 32.2. The van der Waals surface area contributed by atoms with E-state index in [-0.39, 0.29) is 0 Å². The summed E-state index contributed by atoms with van der Waals surface area (Å²) in [7, 11) is 1.88. The number of hydrogen-bond acceptors (Lipinski definition) is 3. The number of nitriles is 1. The van der Waals surface area contributed by atoms with Gasteiger partial charge in [0.25, 0.3) is 0 Å². The predicted molar refractivity (Wildman–Crippen MR) is 68.7 cm³/mol. The van der Waals surface area contributed by atoms with Crippen molar-refractivity contribution in [3.63, 3.8) is 0 Å². The summed E-state index contributed by atoms with van der Waals surface area (Å²) in [6, 6.07) is 12.4. The summed E-state index contributed by atoms with van der Waals surface area (Å²) >= 11 is 1.65. The zero-order valence-electron chi connectivity index (χ0n) is 9.84. The molecule has 0 aliphatic heterocycles. The molecule has 0 fully saturated rings. The molecule has 0 N–H and O–H groups in total. The van der Waals surface area contributed by atoms with E-state index in [0.29, 0.717) is 5.56 Å². The minimum absolute atomic E-state index is 0.688. The quantitative estimate of drug-likeness (QED) is 0.778. The van der Waals surface area contributed by atoms with E-state index in [2.05, 4.69) is 23.3 Å². The maximum absolute atomic E-state index is 9.09. The van der Waals surface area contributed by atoms with Crippen LogP contribution >= 0.6 is 11.8 Å². The molecule has 0 amide bonds. The Morgan fingerprint density at radius 2 is 2.06 bits per heavy atom. The average molecular weight is 243 g/mol. The van der Waals surface area contributed by atoms with Crippen LogP contribution in [0, 0.1) is 18.3 Å². The van der Waals surface area contributed by atoms with E-state index in [9.17, 15) is 0 Å². The molecule has 2 aromatic rings. The molecule has 1 heterocycles. The second-order valence-electron chi connectivity index (χ2n) is 3.78. The first-order valence-corrected chi connectivity index (χ1v) is 6.31. The van der Waals surface area contributed by atoms with Crippen LogP contribution in [0.3, 0.4) is 0 Å². The first kappa shape index (κ1) is 11.7. The number of benzene rings is 1. The molecule has 0 aliphatic rings. The Hall–Kier alpha value is -1.73. The lowest BCUT2D eigenvalue weighted by atomic mass is 10.2. The Kier molecular flexibility index (Phi) is 3.50. The summed E-state index contributed by atoms with van der Waals surface area (Å²) in [6.07, 6.45) is 0. The topological polar surface area (TPSA) is 41.6 Å². The molecule has 0 bridgehead atoms. The Labute approximate surface area is 105 Å². The SMILES string of the molecule is Cc1nn(C)c(SCc2ccccc2)c1C#N. The van der Waals surface area contributed by atoms with Gasteiger partial charge in [-0.25, -0.2) is 0 Å². The van der Waals surface area contributed by atoms with Crippen LogP contribution in [0.25, 0.3) is 0 Å². The van der Waals surface area contributed by atoms with Gasteiger partial charge in [0.2, 0.25) is 0 Å². The number of rotatable bonds is 3. The lowest BCUT2D eigenvalue weighted by Crippen LogP contribution is -1.93. The van der Waals surface area contributed by atoms with Crippen molar-refractivity contribution in [1.82, 2.24) is 9.78 Å². The van der Waals surface area contributed by atoms with Gasteiger partial charge in [-0.3, -0.25) is 4.68 Å². The van der Waals surface area contributed by atoms with E-state index in [1.165, 1.54) is 5.56 Å². The monoisotopic (exact) mass is 243 g/mol. The van der Waals surface area contributed by atoms with Gasteiger partial charge >= 0.3 is 0 Å². The molecule has 3 nitrogen and oxygen atoms in total. The molecule has 4 heteroatoms. The molecule has 86 valence electrons. The van der Waals surface area contributed by atoms with Crippen molar-refractivity contribution in [2.45, 2.75) is 17.7 Å². The van der Waals surface area contributed by atoms with E-state index < -0.39 is 0 Å². The van der Waals surface area contributed by atoms with Crippen LogP contribution in [0.15, 0.2) is 35.4 Å². The highest BCUT2D eigenvalue weighted by molar-refractivity contribution is 7.98. The smallest absolute Gasteiger partial charge is 0.112 e. The van der Waals surface area contributed by atoms with E-state index in [0.717, 1.165) is 16.5 Å². The molecule has 2 rings (SSSR count). The van der Waals surface area contributed by atoms with E-state index in [1.54, 1.807) is 16.4 Å². The Balaban J connectivity index is 2.18. The maximum Gasteiger partial charge on any atom is 0.112 e. The minimum atomic E-state index is 0.688. The van der Waals surface area contributed by atoms with Crippen LogP contribution in [0.5, 0.6) is 0 Å². The molecule has 0 saturated carbocycles. The lowest BCUT2D eigenvalue weighted by molar-refractivity contribution is 0.691. The fourth-order valence-corrected chi connectivity index (χ4v) is 2.72. The van der Waals surface area contributed by atoms with E-state index in [1.807, 2.05) is 32.2 Å². The zero-order valence-corrected chi connectivity index (χ0v) is 10.7. The number of thioether (sulfide) groups is 1. The third-order valence-electron chi connectivity index (χ3n) is 2.50. The second-order valence-corrected chi connectivity index (χ2v) is 4.74. The normalized spacial score (nSPS) is 10.2. The van der Waals surface area contributed by atoms with Crippen molar-refractivity contribution in [3.05, 3.63) is 47.2 Å². The third kappa shape index (κ3) is 2.51. The van der Waals surface area contributed by atoms with Gasteiger partial charge in [-0.1, -0.05) is 30.3 Å². The minimum Gasteiger partial charge on any atom is -0.260 e. The van der Waals surface area contributed by atoms with Crippen LogP contribution in [0.1, 0.15) is 16.8 Å². The molecule has 0 spiro atoms. The average Bonchev–Trinajstić information content (AvgIpc) is 2.62. The van der Waals surface area contributed by atoms with Crippen LogP contribution in [-0.2, 0) is 12.8 Å². The van der Waals surface area contributed by atoms with Gasteiger partial charge in [-0.15, -0.1) is 11.8 Å². The Morgan fingerprint density at radius 3 is 2.71 bits per heavy atom. The number of aryl methyl sites for hydroxylation is 2. The van der Waals surface area contributed by atoms with E-state index in [4.69, 9.17) is 5.26 Å². The van der Waals surface area contributed by atoms with Gasteiger partial charge in [-0.05, 0) is 12.5 Å². The molecule has 0 aliphatic carbocycles. The molecule has 0 atom stereocenters. The maximum atomic E-state index is 9.09. The summed E-state index contributed by atoms with van der Waals surface area (Å²) in [5, 5.41) is 14.3. The summed E-state index contributed by atoms with van der Waals surface area (Å²) in [5.74, 6) is 0.856. The molecule has 0 unspecified atom stereocenters. The van der Waals surface area contributed by atoms with Crippen molar-refractivity contribution < 1.29 is 0 Å². The van der Waals surface area contributed by atoms with Crippen molar-refractivity contribution in [1.29, 1.82) is 5.26 Å². The Morgan fingerprint density at radius 1 is 1.35 bits per heavy atom. The van der Waals surface area contributed by atoms with Gasteiger partial charge in [0, 0.05) is 12.8 Å². The molecule has 1 aromatic heterocycles. The first-order chi connectivity index (χ1) is 8.22. The highest BCUT2D eigenvalue weighted by Crippen LogP contribution is 2.27. The predicted octanol–water partition coefficient (Wildman–Crippen LogP) is 2.89. The van der Waals surface area contributed by atoms with Crippen molar-refractivity contribution in [3.8, 4) is 6.07 Å². The van der Waals surface area contributed by atoms with E-state index >= 15 is 0 Å². The van der Waals surface area contributed by atoms with Gasteiger partial charge in [0.05, 0.1) is 5.69 Å². The lowest BCUT2D eigenvalue weighted by Gasteiger charge is -2.02. The molecule has 17 heavy (non-hydrogen) atoms. The molecular formula is C13H13N3S. The van der Waals surface area contributed by atoms with Gasteiger partial charge in [-0.2, -0.15) is 10.4 Å². The van der Waals surface area contributed by atoms with Crippen LogP contribution in [0.2, 0.25) is 0 Å². The second kappa shape index (κ2) is 5.07. The van der Waals surface area contributed by atoms with Crippen molar-refractivity contribution >= 4 is 11.8 Å². The number of aromatic nitrogens is 2. The zero-order chi connectivity index (χ0) is 12.3. The fraction of sp³-hybridized carbons (Fsp3) is 0.231. The number of hydrogen-bond donors (Lipinski definition) is 0. The standard InChI is InChI=1S/C13H13N3S/c1-10-12(8-14)13(16(2)15-10)17-9-11-6-4-3-5-7-11/h3-7H,9H2,1-2H3. The third-order valence-corrected chi connectivity index (χ3v) is 3.72. The summed E-state index contributed by atoms with van der Waals surface area (Å²) in [6.45, 7) is 1.87. The molecule has 0 saturated heterocycles. The largest absolute Gasteiger partial charge is 0.260 e. The van der Waals surface area contributed by atoms with Crippen LogP contribution in [-0.4, -0.2) is 9.78 Å². The van der Waals surface area contributed by atoms with Crippen LogP contribution in [0.4, 0.5) is 0 Å². The fourth-order valence-electron chi connectivity index (χ4n) is 1.66. The first-order valence-electron chi connectivity index (χ1n) is 5.33. The molecule has 1 aromatic carbocycles. The highest BCUT2D eigenvalue weighted by Gasteiger charge is 2.12. The van der Waals surface area contributed by atoms with Gasteiger partial charge < -0.3 is 0 Å². The summed E-state index contributed by atoms with van der Waals surface area (Å²) in [4.78, 5) is 0. The number of nitrogens with zero attached hydrogens (tertiary/aromatic N) is 3. The Bertz CT molecular complexity index is 552. The van der Waals surface area contributed by atoms with Crippen molar-refractivity contribution in [2.24, 2.45) is 7.05 Å². The van der Waals surface area contributed by atoms with Gasteiger partial charge in [0.15, 0.2) is 0 Å².